The SMILES string of the molecule is Cc1ncc(CO)c(C=N[C@@H](C)c2cccs2)c1O. The summed E-state index contributed by atoms with van der Waals surface area (Å²) >= 11 is 1.65. The van der Waals surface area contributed by atoms with Crippen molar-refractivity contribution in [2.45, 2.75) is 26.5 Å². The molecule has 2 N–H and O–H groups in total. The normalized spacial score (nSPS) is 13.0. The molecule has 0 aromatic carbocycles. The second-order valence-corrected chi connectivity index (χ2v) is 5.24. The fraction of sp³-hybridized carbons (Fsp3) is 0.286. The number of aliphatic hydroxyl groups excluding tert-OH is 1. The maximum absolute atomic E-state index is 9.99. The third-order valence-corrected chi connectivity index (χ3v) is 3.95. The van der Waals surface area contributed by atoms with E-state index in [0.29, 0.717) is 16.8 Å². The van der Waals surface area contributed by atoms with Crippen LogP contribution in [0.25, 0.3) is 0 Å². The predicted molar refractivity (Wildman–Crippen MR) is 76.9 cm³/mol. The van der Waals surface area contributed by atoms with Crippen molar-refractivity contribution in [1.29, 1.82) is 0 Å². The molecular weight excluding hydrogens is 260 g/mol. The fourth-order valence-corrected chi connectivity index (χ4v) is 2.44. The van der Waals surface area contributed by atoms with Gasteiger partial charge in [-0.05, 0) is 25.3 Å². The number of aliphatic imine (C=N–C) groups is 1. The molecule has 0 spiro atoms. The smallest absolute Gasteiger partial charge is 0.145 e. The fourth-order valence-electron chi connectivity index (χ4n) is 1.71. The molecule has 2 rings (SSSR count). The summed E-state index contributed by atoms with van der Waals surface area (Å²) in [5.41, 5.74) is 1.64. The monoisotopic (exact) mass is 276 g/mol. The van der Waals surface area contributed by atoms with E-state index < -0.39 is 0 Å². The third-order valence-electron chi connectivity index (χ3n) is 2.91. The Morgan fingerprint density at radius 1 is 1.53 bits per heavy atom. The molecule has 2 heterocycles. The molecule has 0 radical (unpaired) electrons. The zero-order valence-corrected chi connectivity index (χ0v) is 11.7. The Bertz CT molecular complexity index is 579. The minimum atomic E-state index is -0.171. The highest BCUT2D eigenvalue weighted by Gasteiger charge is 2.10. The lowest BCUT2D eigenvalue weighted by Gasteiger charge is -2.08. The van der Waals surface area contributed by atoms with Crippen LogP contribution in [-0.4, -0.2) is 21.4 Å². The van der Waals surface area contributed by atoms with Gasteiger partial charge in [0, 0.05) is 28.4 Å². The van der Waals surface area contributed by atoms with Crippen molar-refractivity contribution in [3.63, 3.8) is 0 Å². The van der Waals surface area contributed by atoms with E-state index in [0.717, 1.165) is 4.88 Å². The number of hydrogen-bond acceptors (Lipinski definition) is 5. The second-order valence-electron chi connectivity index (χ2n) is 4.26. The molecule has 0 fully saturated rings. The number of aromatic hydroxyl groups is 1. The van der Waals surface area contributed by atoms with Gasteiger partial charge in [0.25, 0.3) is 0 Å². The molecule has 0 saturated carbocycles. The van der Waals surface area contributed by atoms with E-state index in [2.05, 4.69) is 9.98 Å². The molecule has 100 valence electrons. The Morgan fingerprint density at radius 3 is 2.95 bits per heavy atom. The topological polar surface area (TPSA) is 65.7 Å². The van der Waals surface area contributed by atoms with E-state index in [9.17, 15) is 10.2 Å². The Balaban J connectivity index is 2.30. The van der Waals surface area contributed by atoms with Crippen LogP contribution in [0.2, 0.25) is 0 Å². The maximum Gasteiger partial charge on any atom is 0.145 e. The van der Waals surface area contributed by atoms with Gasteiger partial charge in [0.05, 0.1) is 18.3 Å². The molecular formula is C14H16N2O2S. The number of nitrogens with zero attached hydrogens (tertiary/aromatic N) is 2. The van der Waals surface area contributed by atoms with Crippen molar-refractivity contribution in [3.05, 3.63) is 45.4 Å². The Hall–Kier alpha value is -1.72. The quantitative estimate of drug-likeness (QED) is 0.844. The van der Waals surface area contributed by atoms with Gasteiger partial charge in [-0.1, -0.05) is 6.07 Å². The largest absolute Gasteiger partial charge is 0.505 e. The van der Waals surface area contributed by atoms with Crippen LogP contribution in [0.3, 0.4) is 0 Å². The molecule has 0 unspecified atom stereocenters. The summed E-state index contributed by atoms with van der Waals surface area (Å²) in [4.78, 5) is 9.61. The van der Waals surface area contributed by atoms with Crippen molar-refractivity contribution in [3.8, 4) is 5.75 Å². The van der Waals surface area contributed by atoms with Crippen LogP contribution in [-0.2, 0) is 6.61 Å². The number of rotatable bonds is 4. The van der Waals surface area contributed by atoms with Crippen molar-refractivity contribution < 1.29 is 10.2 Å². The first kappa shape index (κ1) is 13.7. The number of pyridine rings is 1. The summed E-state index contributed by atoms with van der Waals surface area (Å²) in [5, 5.41) is 21.3. The van der Waals surface area contributed by atoms with E-state index in [-0.39, 0.29) is 18.4 Å². The molecule has 1 atom stereocenters. The van der Waals surface area contributed by atoms with Gasteiger partial charge in [0.2, 0.25) is 0 Å². The van der Waals surface area contributed by atoms with Gasteiger partial charge in [-0.2, -0.15) is 0 Å². The molecule has 0 aliphatic carbocycles. The van der Waals surface area contributed by atoms with Crippen LogP contribution < -0.4 is 0 Å². The number of aryl methyl sites for hydroxylation is 1. The predicted octanol–water partition coefficient (Wildman–Crippen LogP) is 2.83. The number of hydrogen-bond donors (Lipinski definition) is 2. The van der Waals surface area contributed by atoms with E-state index in [4.69, 9.17) is 0 Å². The molecule has 19 heavy (non-hydrogen) atoms. The molecule has 0 bridgehead atoms. The van der Waals surface area contributed by atoms with Crippen LogP contribution in [0.1, 0.15) is 34.7 Å². The number of aliphatic hydroxyl groups is 1. The van der Waals surface area contributed by atoms with Crippen LogP contribution in [0.15, 0.2) is 28.7 Å². The van der Waals surface area contributed by atoms with Crippen molar-refractivity contribution in [2.24, 2.45) is 4.99 Å². The Labute approximate surface area is 116 Å². The average Bonchev–Trinajstić information content (AvgIpc) is 2.94. The van der Waals surface area contributed by atoms with E-state index in [1.165, 1.54) is 0 Å². The zero-order valence-electron chi connectivity index (χ0n) is 10.9. The molecule has 4 nitrogen and oxygen atoms in total. The highest BCUT2D eigenvalue weighted by Crippen LogP contribution is 2.25. The lowest BCUT2D eigenvalue weighted by molar-refractivity contribution is 0.280. The van der Waals surface area contributed by atoms with Gasteiger partial charge in [0.1, 0.15) is 5.75 Å². The standard InChI is InChI=1S/C14H16N2O2S/c1-9(13-4-3-5-19-13)16-7-12-11(8-17)6-15-10(2)14(12)18/h3-7,9,17-18H,8H2,1-2H3/t9-/m0/s1. The van der Waals surface area contributed by atoms with Gasteiger partial charge in [0.15, 0.2) is 0 Å². The second kappa shape index (κ2) is 5.95. The van der Waals surface area contributed by atoms with Gasteiger partial charge in [-0.15, -0.1) is 11.3 Å². The summed E-state index contributed by atoms with van der Waals surface area (Å²) < 4.78 is 0. The highest BCUT2D eigenvalue weighted by atomic mass is 32.1. The van der Waals surface area contributed by atoms with E-state index >= 15 is 0 Å². The summed E-state index contributed by atoms with van der Waals surface area (Å²) in [6.07, 6.45) is 3.17. The molecule has 0 aliphatic rings. The first-order valence-corrected chi connectivity index (χ1v) is 6.86. The third kappa shape index (κ3) is 3.00. The van der Waals surface area contributed by atoms with Gasteiger partial charge >= 0.3 is 0 Å². The van der Waals surface area contributed by atoms with Crippen LogP contribution in [0.4, 0.5) is 0 Å². The molecule has 0 saturated heterocycles. The van der Waals surface area contributed by atoms with Crippen molar-refractivity contribution in [2.75, 3.05) is 0 Å². The Kier molecular flexibility index (Phi) is 4.29. The lowest BCUT2D eigenvalue weighted by Crippen LogP contribution is -1.99. The van der Waals surface area contributed by atoms with E-state index in [1.54, 1.807) is 30.7 Å². The van der Waals surface area contributed by atoms with Gasteiger partial charge in [-0.3, -0.25) is 9.98 Å². The van der Waals surface area contributed by atoms with Crippen molar-refractivity contribution in [1.82, 2.24) is 4.98 Å². The first-order valence-electron chi connectivity index (χ1n) is 5.98. The summed E-state index contributed by atoms with van der Waals surface area (Å²) in [6.45, 7) is 3.54. The van der Waals surface area contributed by atoms with Crippen LogP contribution in [0, 0.1) is 6.92 Å². The highest BCUT2D eigenvalue weighted by molar-refractivity contribution is 7.10. The summed E-state index contributed by atoms with van der Waals surface area (Å²) in [7, 11) is 0. The molecule has 0 aliphatic heterocycles. The molecule has 0 amide bonds. The number of thiophene rings is 1. The average molecular weight is 276 g/mol. The molecule has 2 aromatic rings. The minimum absolute atomic E-state index is 0.0272. The molecule has 2 aromatic heterocycles. The Morgan fingerprint density at radius 2 is 2.32 bits per heavy atom. The van der Waals surface area contributed by atoms with Crippen LogP contribution >= 0.6 is 11.3 Å². The summed E-state index contributed by atoms with van der Waals surface area (Å²) in [5.74, 6) is 0.0775. The zero-order chi connectivity index (χ0) is 13.8. The van der Waals surface area contributed by atoms with Crippen LogP contribution in [0.5, 0.6) is 5.75 Å². The number of aromatic nitrogens is 1. The summed E-state index contributed by atoms with van der Waals surface area (Å²) in [6, 6.07) is 4.04. The minimum Gasteiger partial charge on any atom is -0.505 e. The van der Waals surface area contributed by atoms with Gasteiger partial charge < -0.3 is 10.2 Å². The van der Waals surface area contributed by atoms with Gasteiger partial charge in [-0.25, -0.2) is 0 Å². The maximum atomic E-state index is 9.99. The van der Waals surface area contributed by atoms with Crippen molar-refractivity contribution >= 4 is 17.6 Å². The lowest BCUT2D eigenvalue weighted by atomic mass is 10.1. The first-order chi connectivity index (χ1) is 9.13. The molecule has 5 heteroatoms. The van der Waals surface area contributed by atoms with E-state index in [1.807, 2.05) is 24.4 Å².